The summed E-state index contributed by atoms with van der Waals surface area (Å²) < 4.78 is 13.2. The first-order chi connectivity index (χ1) is 22.0. The van der Waals surface area contributed by atoms with Gasteiger partial charge in [-0.2, -0.15) is 5.10 Å². The number of carboxylic acids is 1. The van der Waals surface area contributed by atoms with Crippen LogP contribution in [0.3, 0.4) is 0 Å². The molecule has 2 heterocycles. The summed E-state index contributed by atoms with van der Waals surface area (Å²) in [6.45, 7) is 9.93. The first-order valence-electron chi connectivity index (χ1n) is 15.2. The number of nitrogens with zero attached hydrogens (tertiary/aromatic N) is 3. The van der Waals surface area contributed by atoms with Gasteiger partial charge in [-0.3, -0.25) is 9.59 Å². The molecule has 4 aromatic rings. The number of para-hydroxylation sites is 1. The van der Waals surface area contributed by atoms with Gasteiger partial charge >= 0.3 is 5.97 Å². The third-order valence-electron chi connectivity index (χ3n) is 8.01. The van der Waals surface area contributed by atoms with Crippen LogP contribution in [-0.2, 0) is 20.7 Å². The number of nitrogens with one attached hydrogen (secondary N) is 2. The Balaban J connectivity index is 1.32. The number of aromatic carboxylic acids is 1. The zero-order valence-electron chi connectivity index (χ0n) is 26.7. The van der Waals surface area contributed by atoms with Crippen molar-refractivity contribution < 1.29 is 29.0 Å². The highest BCUT2D eigenvalue weighted by molar-refractivity contribution is 6.14. The van der Waals surface area contributed by atoms with Gasteiger partial charge in [0.2, 0.25) is 12.3 Å². The minimum atomic E-state index is -1.44. The largest absolute Gasteiger partial charge is 0.478 e. The molecule has 0 aliphatic carbocycles. The third kappa shape index (κ3) is 7.05. The van der Waals surface area contributed by atoms with Gasteiger partial charge in [0.15, 0.2) is 0 Å². The van der Waals surface area contributed by atoms with Crippen LogP contribution >= 0.6 is 0 Å². The lowest BCUT2D eigenvalue weighted by Gasteiger charge is -2.24. The lowest BCUT2D eigenvalue weighted by molar-refractivity contribution is -0.130. The average molecular weight is 626 g/mol. The molecule has 0 saturated heterocycles. The molecule has 0 fully saturated rings. The summed E-state index contributed by atoms with van der Waals surface area (Å²) in [5, 5.41) is 20.0. The Morgan fingerprint density at radius 1 is 1.00 bits per heavy atom. The second-order valence-electron chi connectivity index (χ2n) is 11.4. The number of rotatable bonds is 12. The van der Waals surface area contributed by atoms with Gasteiger partial charge < -0.3 is 30.1 Å². The summed E-state index contributed by atoms with van der Waals surface area (Å²) in [5.74, 6) is -1.57. The first kappa shape index (κ1) is 32.2. The van der Waals surface area contributed by atoms with Crippen LogP contribution in [-0.4, -0.2) is 52.2 Å². The van der Waals surface area contributed by atoms with E-state index in [1.165, 1.54) is 13.1 Å². The highest BCUT2D eigenvalue weighted by Gasteiger charge is 2.37. The van der Waals surface area contributed by atoms with E-state index in [4.69, 9.17) is 9.47 Å². The van der Waals surface area contributed by atoms with E-state index in [9.17, 15) is 19.5 Å². The molecule has 11 heteroatoms. The SMILES string of the molecule is CCC(OCNc1ccc(C)c(NC(=O)C(C(=O)N2CCc3ccccc32)n2cc(C(=O)O)c(C)n2)c1)Oc1ccc(C)cc1C. The number of benzene rings is 3. The van der Waals surface area contributed by atoms with Crippen molar-refractivity contribution in [3.8, 4) is 5.75 Å². The molecular formula is C35H39N5O6. The normalized spacial score (nSPS) is 13.5. The second-order valence-corrected chi connectivity index (χ2v) is 11.4. The predicted molar refractivity (Wildman–Crippen MR) is 175 cm³/mol. The Kier molecular flexibility index (Phi) is 9.72. The smallest absolute Gasteiger partial charge is 0.339 e. The van der Waals surface area contributed by atoms with Gasteiger partial charge in [0.25, 0.3) is 11.8 Å². The highest BCUT2D eigenvalue weighted by Crippen LogP contribution is 2.31. The summed E-state index contributed by atoms with van der Waals surface area (Å²) in [7, 11) is 0. The zero-order chi connectivity index (χ0) is 33.0. The number of fused-ring (bicyclic) bond motifs is 1. The van der Waals surface area contributed by atoms with E-state index in [1.54, 1.807) is 11.0 Å². The van der Waals surface area contributed by atoms with E-state index in [0.29, 0.717) is 30.8 Å². The van der Waals surface area contributed by atoms with Crippen molar-refractivity contribution in [1.82, 2.24) is 9.78 Å². The monoisotopic (exact) mass is 625 g/mol. The number of hydrogen-bond acceptors (Lipinski definition) is 7. The number of hydrogen-bond donors (Lipinski definition) is 3. The summed E-state index contributed by atoms with van der Waals surface area (Å²) >= 11 is 0. The van der Waals surface area contributed by atoms with Crippen molar-refractivity contribution in [1.29, 1.82) is 0 Å². The molecule has 1 aromatic heterocycles. The molecule has 2 unspecified atom stereocenters. The molecule has 11 nitrogen and oxygen atoms in total. The lowest BCUT2D eigenvalue weighted by atomic mass is 10.1. The summed E-state index contributed by atoms with van der Waals surface area (Å²) in [6, 6.07) is 17.5. The van der Waals surface area contributed by atoms with Crippen LogP contribution in [0.4, 0.5) is 17.1 Å². The highest BCUT2D eigenvalue weighted by atomic mass is 16.7. The van der Waals surface area contributed by atoms with E-state index in [1.807, 2.05) is 76.2 Å². The van der Waals surface area contributed by atoms with E-state index in [0.717, 1.165) is 38.4 Å². The van der Waals surface area contributed by atoms with Crippen LogP contribution in [0.5, 0.6) is 5.75 Å². The fourth-order valence-electron chi connectivity index (χ4n) is 5.48. The number of carbonyl (C=O) groups excluding carboxylic acids is 2. The van der Waals surface area contributed by atoms with Gasteiger partial charge in [-0.25, -0.2) is 9.48 Å². The summed E-state index contributed by atoms with van der Waals surface area (Å²) in [5.41, 5.74) is 5.97. The maximum absolute atomic E-state index is 14.0. The maximum Gasteiger partial charge on any atom is 0.339 e. The van der Waals surface area contributed by atoms with Gasteiger partial charge in [0.1, 0.15) is 18.0 Å². The fraction of sp³-hybridized carbons (Fsp3) is 0.314. The van der Waals surface area contributed by atoms with E-state index in [2.05, 4.69) is 21.8 Å². The molecular weight excluding hydrogens is 586 g/mol. The van der Waals surface area contributed by atoms with Crippen LogP contribution in [0.2, 0.25) is 0 Å². The van der Waals surface area contributed by atoms with Gasteiger partial charge in [-0.15, -0.1) is 0 Å². The summed E-state index contributed by atoms with van der Waals surface area (Å²) in [6.07, 6.45) is 2.05. The van der Waals surface area contributed by atoms with Gasteiger partial charge in [-0.1, -0.05) is 48.9 Å². The van der Waals surface area contributed by atoms with Crippen LogP contribution in [0.1, 0.15) is 57.7 Å². The van der Waals surface area contributed by atoms with Crippen molar-refractivity contribution in [2.75, 3.05) is 28.8 Å². The molecule has 0 radical (unpaired) electrons. The molecule has 2 atom stereocenters. The van der Waals surface area contributed by atoms with E-state index < -0.39 is 30.1 Å². The van der Waals surface area contributed by atoms with Crippen molar-refractivity contribution >= 4 is 34.8 Å². The number of ether oxygens (including phenoxy) is 2. The zero-order valence-corrected chi connectivity index (χ0v) is 26.7. The summed E-state index contributed by atoms with van der Waals surface area (Å²) in [4.78, 5) is 41.3. The molecule has 46 heavy (non-hydrogen) atoms. The molecule has 1 aliphatic heterocycles. The Labute approximate surface area is 268 Å². The average Bonchev–Trinajstić information content (AvgIpc) is 3.63. The van der Waals surface area contributed by atoms with Crippen molar-refractivity contribution in [3.05, 3.63) is 100 Å². The molecule has 3 aromatic carbocycles. The molecule has 0 bridgehead atoms. The molecule has 240 valence electrons. The Bertz CT molecular complexity index is 1770. The van der Waals surface area contributed by atoms with Gasteiger partial charge in [0, 0.05) is 36.2 Å². The van der Waals surface area contributed by atoms with E-state index >= 15 is 0 Å². The molecule has 1 aliphatic rings. The van der Waals surface area contributed by atoms with Crippen LogP contribution in [0.15, 0.2) is 66.9 Å². The second kappa shape index (κ2) is 13.9. The predicted octanol–water partition coefficient (Wildman–Crippen LogP) is 5.79. The topological polar surface area (TPSA) is 135 Å². The minimum Gasteiger partial charge on any atom is -0.478 e. The molecule has 0 saturated carbocycles. The maximum atomic E-state index is 14.0. The Morgan fingerprint density at radius 2 is 1.78 bits per heavy atom. The number of aryl methyl sites for hydroxylation is 4. The van der Waals surface area contributed by atoms with Gasteiger partial charge in [0.05, 0.1) is 5.69 Å². The molecule has 3 N–H and O–H groups in total. The lowest BCUT2D eigenvalue weighted by Crippen LogP contribution is -2.42. The molecule has 0 spiro atoms. The third-order valence-corrected chi connectivity index (χ3v) is 8.01. The number of amides is 2. The number of carboxylic acid groups (broad SMARTS) is 1. The van der Waals surface area contributed by atoms with Crippen molar-refractivity contribution in [2.24, 2.45) is 0 Å². The molecule has 2 amide bonds. The molecule has 5 rings (SSSR count). The Hall–Kier alpha value is -5.16. The van der Waals surface area contributed by atoms with Crippen LogP contribution in [0.25, 0.3) is 0 Å². The van der Waals surface area contributed by atoms with Crippen LogP contribution < -0.4 is 20.3 Å². The number of aromatic nitrogens is 2. The first-order valence-corrected chi connectivity index (χ1v) is 15.2. The van der Waals surface area contributed by atoms with Crippen molar-refractivity contribution in [2.45, 2.75) is 59.8 Å². The number of anilines is 3. The number of carbonyl (C=O) groups is 3. The van der Waals surface area contributed by atoms with E-state index in [-0.39, 0.29) is 18.0 Å². The standard InChI is InChI=1S/C35H39N5O6/c1-6-31(46-30-14-11-21(2)17-23(30)4)45-20-36-26-13-12-22(3)28(18-26)37-33(41)32(40-19-27(35(43)44)24(5)38-40)34(42)39-16-15-25-9-7-8-10-29(25)39/h7-14,17-19,31-32,36H,6,15-16,20H2,1-5H3,(H,37,41)(H,43,44). The van der Waals surface area contributed by atoms with Crippen molar-refractivity contribution in [3.63, 3.8) is 0 Å². The van der Waals surface area contributed by atoms with Gasteiger partial charge in [-0.05, 0) is 75.1 Å². The minimum absolute atomic E-state index is 0.0818. The fourth-order valence-corrected chi connectivity index (χ4v) is 5.48. The van der Waals surface area contributed by atoms with Crippen LogP contribution in [0, 0.1) is 27.7 Å². The quantitative estimate of drug-likeness (QED) is 0.133. The Morgan fingerprint density at radius 3 is 2.50 bits per heavy atom.